The molecule has 134 valence electrons. The van der Waals surface area contributed by atoms with Crippen molar-refractivity contribution in [2.75, 3.05) is 19.0 Å². The maximum Gasteiger partial charge on any atom is 0.328 e. The van der Waals surface area contributed by atoms with Crippen LogP contribution >= 0.6 is 15.9 Å². The lowest BCUT2D eigenvalue weighted by Gasteiger charge is -2.29. The molecular weight excluding hydrogens is 380 g/mol. The van der Waals surface area contributed by atoms with Crippen molar-refractivity contribution in [2.24, 2.45) is 0 Å². The number of alkyl halides is 1. The molecule has 1 unspecified atom stereocenters. The van der Waals surface area contributed by atoms with Crippen molar-refractivity contribution in [3.05, 3.63) is 34.9 Å². The smallest absolute Gasteiger partial charge is 0.328 e. The molecule has 7 heteroatoms. The van der Waals surface area contributed by atoms with Gasteiger partial charge in [0.25, 0.3) is 0 Å². The van der Waals surface area contributed by atoms with E-state index in [0.29, 0.717) is 28.4 Å². The van der Waals surface area contributed by atoms with Gasteiger partial charge >= 0.3 is 11.9 Å². The van der Waals surface area contributed by atoms with Gasteiger partial charge in [-0.25, -0.2) is 0 Å². The van der Waals surface area contributed by atoms with Gasteiger partial charge in [0.1, 0.15) is 0 Å². The second kappa shape index (κ2) is 9.76. The molecule has 0 aromatic heterocycles. The summed E-state index contributed by atoms with van der Waals surface area (Å²) in [7, 11) is 1.22. The molecule has 0 aliphatic rings. The van der Waals surface area contributed by atoms with Crippen LogP contribution in [0.1, 0.15) is 36.5 Å². The molecule has 0 saturated carbocycles. The first-order chi connectivity index (χ1) is 11.5. The Morgan fingerprint density at radius 1 is 1.17 bits per heavy atom. The van der Waals surface area contributed by atoms with E-state index in [2.05, 4.69) is 15.9 Å². The van der Waals surface area contributed by atoms with Crippen LogP contribution in [0.5, 0.6) is 0 Å². The van der Waals surface area contributed by atoms with Crippen LogP contribution in [0.2, 0.25) is 0 Å². The van der Waals surface area contributed by atoms with Crippen molar-refractivity contribution in [2.45, 2.75) is 38.4 Å². The van der Waals surface area contributed by atoms with Crippen molar-refractivity contribution < 1.29 is 29.3 Å². The van der Waals surface area contributed by atoms with Crippen LogP contribution in [0, 0.1) is 0 Å². The summed E-state index contributed by atoms with van der Waals surface area (Å²) >= 11 is 3.31. The molecule has 2 N–H and O–H groups in total. The fraction of sp³-hybridized carbons (Fsp3) is 0.529. The minimum atomic E-state index is -1.60. The summed E-state index contributed by atoms with van der Waals surface area (Å²) in [6, 6.07) is 4.73. The van der Waals surface area contributed by atoms with Crippen molar-refractivity contribution >= 4 is 27.9 Å². The lowest BCUT2D eigenvalue weighted by molar-refractivity contribution is -0.164. The van der Waals surface area contributed by atoms with Gasteiger partial charge < -0.3 is 19.7 Å². The van der Waals surface area contributed by atoms with Crippen LogP contribution in [0.4, 0.5) is 0 Å². The van der Waals surface area contributed by atoms with Gasteiger partial charge in [0.2, 0.25) is 0 Å². The normalized spacial score (nSPS) is 13.2. The molecule has 1 atom stereocenters. The molecule has 24 heavy (non-hydrogen) atoms. The molecule has 0 aliphatic heterocycles. The highest BCUT2D eigenvalue weighted by Gasteiger charge is 2.50. The van der Waals surface area contributed by atoms with E-state index in [1.807, 2.05) is 0 Å². The number of hydrogen-bond acceptors (Lipinski definition) is 6. The molecule has 0 saturated heterocycles. The zero-order valence-corrected chi connectivity index (χ0v) is 15.5. The predicted molar refractivity (Wildman–Crippen MR) is 91.6 cm³/mol. The third kappa shape index (κ3) is 4.15. The minimum Gasteiger partial charge on any atom is -0.468 e. The SMILES string of the molecule is CCOC(=O)C(CCCBr)(C(=O)OC)c1ccc(CO)c(CO)c1. The number of rotatable bonds is 9. The van der Waals surface area contributed by atoms with Gasteiger partial charge in [-0.3, -0.25) is 9.59 Å². The Hall–Kier alpha value is -1.44. The van der Waals surface area contributed by atoms with Gasteiger partial charge in [0.05, 0.1) is 26.9 Å². The van der Waals surface area contributed by atoms with Crippen molar-refractivity contribution in [3.8, 4) is 0 Å². The highest BCUT2D eigenvalue weighted by Crippen LogP contribution is 2.34. The number of esters is 2. The van der Waals surface area contributed by atoms with E-state index in [0.717, 1.165) is 0 Å². The number of aliphatic hydroxyl groups is 2. The molecule has 0 amide bonds. The maximum absolute atomic E-state index is 12.7. The molecule has 0 spiro atoms. The Kier molecular flexibility index (Phi) is 8.38. The zero-order valence-electron chi connectivity index (χ0n) is 13.9. The standard InChI is InChI=1S/C17H23BrO6/c1-3-24-16(22)17(7-4-8-18,15(21)23-2)14-6-5-12(10-19)13(9-14)11-20/h5-6,9,19-20H,3-4,7-8,10-11H2,1-2H3. The summed E-state index contributed by atoms with van der Waals surface area (Å²) in [6.45, 7) is 1.23. The zero-order chi connectivity index (χ0) is 18.2. The Bertz CT molecular complexity index is 574. The van der Waals surface area contributed by atoms with Gasteiger partial charge in [0, 0.05) is 5.33 Å². The molecule has 0 fully saturated rings. The molecule has 1 rings (SSSR count). The number of methoxy groups -OCH3 is 1. The number of carbonyl (C=O) groups excluding carboxylic acids is 2. The average molecular weight is 403 g/mol. The van der Waals surface area contributed by atoms with Gasteiger partial charge in [-0.1, -0.05) is 34.1 Å². The van der Waals surface area contributed by atoms with E-state index < -0.39 is 17.4 Å². The number of hydrogen-bond donors (Lipinski definition) is 2. The van der Waals surface area contributed by atoms with E-state index in [1.54, 1.807) is 25.1 Å². The maximum atomic E-state index is 12.7. The van der Waals surface area contributed by atoms with E-state index in [4.69, 9.17) is 9.47 Å². The van der Waals surface area contributed by atoms with E-state index in [-0.39, 0.29) is 26.2 Å². The number of ether oxygens (including phenoxy) is 2. The largest absolute Gasteiger partial charge is 0.468 e. The number of aliphatic hydroxyl groups excluding tert-OH is 2. The number of halogens is 1. The summed E-state index contributed by atoms with van der Waals surface area (Å²) < 4.78 is 10.0. The summed E-state index contributed by atoms with van der Waals surface area (Å²) in [5, 5.41) is 19.4. The first kappa shape index (κ1) is 20.6. The fourth-order valence-electron chi connectivity index (χ4n) is 2.62. The van der Waals surface area contributed by atoms with Crippen molar-refractivity contribution in [1.82, 2.24) is 0 Å². The quantitative estimate of drug-likeness (QED) is 0.371. The summed E-state index contributed by atoms with van der Waals surface area (Å²) in [5.74, 6) is -1.39. The summed E-state index contributed by atoms with van der Waals surface area (Å²) in [5.41, 5.74) is -0.234. The highest BCUT2D eigenvalue weighted by molar-refractivity contribution is 9.09. The lowest BCUT2D eigenvalue weighted by atomic mass is 9.75. The van der Waals surface area contributed by atoms with Crippen LogP contribution in [0.25, 0.3) is 0 Å². The summed E-state index contributed by atoms with van der Waals surface area (Å²) in [6.07, 6.45) is 0.747. The monoisotopic (exact) mass is 402 g/mol. The number of carbonyl (C=O) groups is 2. The predicted octanol–water partition coefficient (Wildman–Crippen LogP) is 1.82. The molecule has 0 bridgehead atoms. The molecule has 1 aromatic rings. The van der Waals surface area contributed by atoms with Gasteiger partial charge in [0.15, 0.2) is 5.41 Å². The van der Waals surface area contributed by atoms with E-state index in [1.165, 1.54) is 7.11 Å². The van der Waals surface area contributed by atoms with Crippen molar-refractivity contribution in [1.29, 1.82) is 0 Å². The van der Waals surface area contributed by atoms with Crippen LogP contribution in [0.3, 0.4) is 0 Å². The molecule has 0 aliphatic carbocycles. The highest BCUT2D eigenvalue weighted by atomic mass is 79.9. The van der Waals surface area contributed by atoms with Gasteiger partial charge in [-0.15, -0.1) is 0 Å². The number of benzene rings is 1. The third-order valence-electron chi connectivity index (χ3n) is 3.88. The Morgan fingerprint density at radius 3 is 2.33 bits per heavy atom. The fourth-order valence-corrected chi connectivity index (χ4v) is 2.90. The Morgan fingerprint density at radius 2 is 1.83 bits per heavy atom. The molecule has 0 heterocycles. The minimum absolute atomic E-state index is 0.132. The molecule has 0 radical (unpaired) electrons. The van der Waals surface area contributed by atoms with Gasteiger partial charge in [-0.05, 0) is 36.5 Å². The van der Waals surface area contributed by atoms with Crippen molar-refractivity contribution in [3.63, 3.8) is 0 Å². The lowest BCUT2D eigenvalue weighted by Crippen LogP contribution is -2.46. The van der Waals surface area contributed by atoms with Crippen LogP contribution in [0.15, 0.2) is 18.2 Å². The first-order valence-electron chi connectivity index (χ1n) is 7.67. The molecular formula is C17H23BrO6. The Balaban J connectivity index is 3.54. The molecule has 6 nitrogen and oxygen atoms in total. The van der Waals surface area contributed by atoms with Gasteiger partial charge in [-0.2, -0.15) is 0 Å². The van der Waals surface area contributed by atoms with E-state index in [9.17, 15) is 19.8 Å². The first-order valence-corrected chi connectivity index (χ1v) is 8.79. The van der Waals surface area contributed by atoms with Crippen LogP contribution < -0.4 is 0 Å². The Labute approximate surface area is 149 Å². The summed E-state index contributed by atoms with van der Waals surface area (Å²) in [4.78, 5) is 25.2. The third-order valence-corrected chi connectivity index (χ3v) is 4.44. The second-order valence-electron chi connectivity index (χ2n) is 5.21. The topological polar surface area (TPSA) is 93.1 Å². The average Bonchev–Trinajstić information content (AvgIpc) is 2.61. The van der Waals surface area contributed by atoms with Crippen LogP contribution in [-0.2, 0) is 37.7 Å². The molecule has 1 aromatic carbocycles. The van der Waals surface area contributed by atoms with Crippen LogP contribution in [-0.4, -0.2) is 41.2 Å². The van der Waals surface area contributed by atoms with E-state index >= 15 is 0 Å². The second-order valence-corrected chi connectivity index (χ2v) is 6.00.